The zero-order valence-electron chi connectivity index (χ0n) is 10.9. The minimum Gasteiger partial charge on any atom is -0.477 e. The van der Waals surface area contributed by atoms with Crippen LogP contribution in [0.5, 0.6) is 5.88 Å². The summed E-state index contributed by atoms with van der Waals surface area (Å²) in [6, 6.07) is 2.05. The molecule has 0 radical (unpaired) electrons. The molecule has 5 heteroatoms. The molecule has 2 heterocycles. The molecule has 0 saturated heterocycles. The number of ether oxygens (including phenoxy) is 1. The summed E-state index contributed by atoms with van der Waals surface area (Å²) in [5, 5.41) is 1.22. The Morgan fingerprint density at radius 1 is 1.44 bits per heavy atom. The van der Waals surface area contributed by atoms with Crippen LogP contribution >= 0.6 is 22.9 Å². The average Bonchev–Trinajstić information content (AvgIpc) is 2.66. The summed E-state index contributed by atoms with van der Waals surface area (Å²) >= 11 is 7.52. The highest BCUT2D eigenvalue weighted by atomic mass is 35.5. The Hall–Kier alpha value is -0.870. The monoisotopic (exact) mass is 284 g/mol. The Morgan fingerprint density at radius 3 is 2.94 bits per heavy atom. The second kappa shape index (κ2) is 5.85. The van der Waals surface area contributed by atoms with Gasteiger partial charge in [-0.05, 0) is 36.9 Å². The van der Waals surface area contributed by atoms with E-state index in [0.717, 1.165) is 16.6 Å². The van der Waals surface area contributed by atoms with Gasteiger partial charge in [-0.2, -0.15) is 4.98 Å². The first kappa shape index (κ1) is 13.6. The van der Waals surface area contributed by atoms with Gasteiger partial charge in [0.1, 0.15) is 4.83 Å². The molecule has 2 aromatic rings. The summed E-state index contributed by atoms with van der Waals surface area (Å²) in [6.45, 7) is 7.08. The Morgan fingerprint density at radius 2 is 2.22 bits per heavy atom. The number of nitrogens with zero attached hydrogens (tertiary/aromatic N) is 2. The number of halogens is 1. The van der Waals surface area contributed by atoms with Gasteiger partial charge in [-0.3, -0.25) is 0 Å². The van der Waals surface area contributed by atoms with E-state index < -0.39 is 0 Å². The fourth-order valence-electron chi connectivity index (χ4n) is 1.90. The molecule has 0 amide bonds. The summed E-state index contributed by atoms with van der Waals surface area (Å²) in [6.07, 6.45) is 2.33. The van der Waals surface area contributed by atoms with Gasteiger partial charge < -0.3 is 4.74 Å². The fraction of sp³-hybridized carbons (Fsp3) is 0.538. The van der Waals surface area contributed by atoms with E-state index in [-0.39, 0.29) is 5.28 Å². The number of hydrogen-bond acceptors (Lipinski definition) is 4. The smallest absolute Gasteiger partial charge is 0.227 e. The van der Waals surface area contributed by atoms with Crippen molar-refractivity contribution in [3.63, 3.8) is 0 Å². The van der Waals surface area contributed by atoms with Crippen molar-refractivity contribution in [2.45, 2.75) is 33.6 Å². The molecule has 2 rings (SSSR count). The third kappa shape index (κ3) is 3.12. The molecule has 0 N–H and O–H groups in total. The molecule has 98 valence electrons. The molecule has 0 spiro atoms. The van der Waals surface area contributed by atoms with Crippen LogP contribution in [0.25, 0.3) is 10.2 Å². The lowest BCUT2D eigenvalue weighted by Gasteiger charge is -2.11. The van der Waals surface area contributed by atoms with E-state index in [1.54, 1.807) is 11.3 Å². The Balaban J connectivity index is 2.21. The second-order valence-corrected chi connectivity index (χ2v) is 6.15. The average molecular weight is 285 g/mol. The van der Waals surface area contributed by atoms with Crippen molar-refractivity contribution >= 4 is 33.2 Å². The molecule has 0 saturated carbocycles. The van der Waals surface area contributed by atoms with Crippen LogP contribution in [0.15, 0.2) is 6.07 Å². The number of rotatable bonds is 5. The van der Waals surface area contributed by atoms with Crippen molar-refractivity contribution in [2.24, 2.45) is 5.92 Å². The molecule has 0 bridgehead atoms. The van der Waals surface area contributed by atoms with Crippen molar-refractivity contribution in [1.82, 2.24) is 9.97 Å². The first-order chi connectivity index (χ1) is 8.60. The Bertz CT molecular complexity index is 541. The number of hydrogen-bond donors (Lipinski definition) is 0. The third-order valence-electron chi connectivity index (χ3n) is 2.74. The van der Waals surface area contributed by atoms with Crippen LogP contribution in [-0.4, -0.2) is 16.6 Å². The van der Waals surface area contributed by atoms with Crippen LogP contribution in [-0.2, 0) is 0 Å². The molecule has 0 fully saturated rings. The summed E-state index contributed by atoms with van der Waals surface area (Å²) in [4.78, 5) is 10.5. The van der Waals surface area contributed by atoms with E-state index in [1.807, 2.05) is 6.92 Å². The van der Waals surface area contributed by atoms with E-state index in [2.05, 4.69) is 29.9 Å². The van der Waals surface area contributed by atoms with Gasteiger partial charge in [-0.25, -0.2) is 4.98 Å². The zero-order valence-corrected chi connectivity index (χ0v) is 12.4. The highest BCUT2D eigenvalue weighted by Crippen LogP contribution is 2.31. The predicted molar refractivity (Wildman–Crippen MR) is 76.7 cm³/mol. The van der Waals surface area contributed by atoms with Gasteiger partial charge in [-0.1, -0.05) is 20.3 Å². The van der Waals surface area contributed by atoms with Crippen LogP contribution < -0.4 is 4.74 Å². The van der Waals surface area contributed by atoms with Crippen LogP contribution in [0.3, 0.4) is 0 Å². The van der Waals surface area contributed by atoms with Crippen molar-refractivity contribution < 1.29 is 4.74 Å². The first-order valence-electron chi connectivity index (χ1n) is 6.16. The lowest BCUT2D eigenvalue weighted by Crippen LogP contribution is -2.09. The largest absolute Gasteiger partial charge is 0.477 e. The summed E-state index contributed by atoms with van der Waals surface area (Å²) in [7, 11) is 0. The molecule has 0 aliphatic carbocycles. The van der Waals surface area contributed by atoms with Gasteiger partial charge in [0.05, 0.1) is 12.0 Å². The third-order valence-corrected chi connectivity index (χ3v) is 3.85. The first-order valence-corrected chi connectivity index (χ1v) is 7.36. The van der Waals surface area contributed by atoms with E-state index >= 15 is 0 Å². The molecule has 0 aliphatic rings. The van der Waals surface area contributed by atoms with E-state index in [0.29, 0.717) is 18.4 Å². The topological polar surface area (TPSA) is 35.0 Å². The van der Waals surface area contributed by atoms with Crippen LogP contribution in [0, 0.1) is 12.8 Å². The van der Waals surface area contributed by atoms with Gasteiger partial charge in [0, 0.05) is 4.88 Å². The molecule has 0 aliphatic heterocycles. The lowest BCUT2D eigenvalue weighted by molar-refractivity contribution is 0.246. The SMILES string of the molecule is CCCC(C)COc1nc(Cl)nc2sc(C)cc12. The van der Waals surface area contributed by atoms with Crippen molar-refractivity contribution in [1.29, 1.82) is 0 Å². The van der Waals surface area contributed by atoms with Gasteiger partial charge >= 0.3 is 0 Å². The van der Waals surface area contributed by atoms with Crippen LogP contribution in [0.2, 0.25) is 5.28 Å². The number of aromatic nitrogens is 2. The summed E-state index contributed by atoms with van der Waals surface area (Å²) in [5.41, 5.74) is 0. The minimum absolute atomic E-state index is 0.252. The lowest BCUT2D eigenvalue weighted by atomic mass is 10.1. The minimum atomic E-state index is 0.252. The van der Waals surface area contributed by atoms with Crippen molar-refractivity contribution in [3.8, 4) is 5.88 Å². The second-order valence-electron chi connectivity index (χ2n) is 4.58. The van der Waals surface area contributed by atoms with E-state index in [9.17, 15) is 0 Å². The standard InChI is InChI=1S/C13H17ClN2OS/c1-4-5-8(2)7-17-11-10-6-9(3)18-12(10)16-13(14)15-11/h6,8H,4-5,7H2,1-3H3. The highest BCUT2D eigenvalue weighted by molar-refractivity contribution is 7.18. The maximum absolute atomic E-state index is 5.91. The predicted octanol–water partition coefficient (Wildman–Crippen LogP) is 4.47. The molecular formula is C13H17ClN2OS. The van der Waals surface area contributed by atoms with Gasteiger partial charge in [-0.15, -0.1) is 11.3 Å². The molecule has 1 atom stereocenters. The van der Waals surface area contributed by atoms with Crippen LogP contribution in [0.4, 0.5) is 0 Å². The molecule has 18 heavy (non-hydrogen) atoms. The van der Waals surface area contributed by atoms with Gasteiger partial charge in [0.15, 0.2) is 0 Å². The Kier molecular flexibility index (Phi) is 4.40. The molecular weight excluding hydrogens is 268 g/mol. The van der Waals surface area contributed by atoms with Gasteiger partial charge in [0.2, 0.25) is 11.2 Å². The number of aryl methyl sites for hydroxylation is 1. The fourth-order valence-corrected chi connectivity index (χ4v) is 2.98. The summed E-state index contributed by atoms with van der Waals surface area (Å²) < 4.78 is 5.80. The maximum Gasteiger partial charge on any atom is 0.227 e. The summed E-state index contributed by atoms with van der Waals surface area (Å²) in [5.74, 6) is 1.14. The molecule has 2 aromatic heterocycles. The molecule has 0 aromatic carbocycles. The molecule has 3 nitrogen and oxygen atoms in total. The number of fused-ring (bicyclic) bond motifs is 1. The van der Waals surface area contributed by atoms with Gasteiger partial charge in [0.25, 0.3) is 0 Å². The number of thiophene rings is 1. The van der Waals surface area contributed by atoms with E-state index in [1.165, 1.54) is 11.3 Å². The Labute approximate surface area is 116 Å². The van der Waals surface area contributed by atoms with Crippen LogP contribution in [0.1, 0.15) is 31.6 Å². The van der Waals surface area contributed by atoms with Crippen molar-refractivity contribution in [3.05, 3.63) is 16.2 Å². The quantitative estimate of drug-likeness (QED) is 0.760. The highest BCUT2D eigenvalue weighted by Gasteiger charge is 2.12. The zero-order chi connectivity index (χ0) is 13.1. The molecule has 1 unspecified atom stereocenters. The maximum atomic E-state index is 5.91. The van der Waals surface area contributed by atoms with Crippen molar-refractivity contribution in [2.75, 3.05) is 6.61 Å². The normalized spacial score (nSPS) is 12.9. The van der Waals surface area contributed by atoms with E-state index in [4.69, 9.17) is 16.3 Å².